The number of amides is 1. The van der Waals surface area contributed by atoms with Gasteiger partial charge in [-0.1, -0.05) is 12.1 Å². The standard InChI is InChI=1S/C16H17F3N2O6/c17-16(18,19)11-3-1-10(2-4-11)12(9-21(26)27)15(13(22)23)5-7-20(8-6-15)14(24)25/h1-4,12H,5-9H2,(H,22,23)(H,24,25). The highest BCUT2D eigenvalue weighted by Crippen LogP contribution is 2.45. The van der Waals surface area contributed by atoms with Gasteiger partial charge in [0.25, 0.3) is 0 Å². The van der Waals surface area contributed by atoms with Crippen molar-refractivity contribution in [1.82, 2.24) is 4.90 Å². The van der Waals surface area contributed by atoms with Crippen LogP contribution in [0.25, 0.3) is 0 Å². The largest absolute Gasteiger partial charge is 0.481 e. The third kappa shape index (κ3) is 4.29. The summed E-state index contributed by atoms with van der Waals surface area (Å²) >= 11 is 0. The molecule has 0 radical (unpaired) electrons. The molecule has 2 N–H and O–H groups in total. The summed E-state index contributed by atoms with van der Waals surface area (Å²) in [6.07, 6.45) is -6.16. The molecule has 8 nitrogen and oxygen atoms in total. The minimum absolute atomic E-state index is 0.103. The number of hydrogen-bond donors (Lipinski definition) is 2. The molecule has 1 aromatic rings. The van der Waals surface area contributed by atoms with Gasteiger partial charge < -0.3 is 15.1 Å². The van der Waals surface area contributed by atoms with Crippen molar-refractivity contribution < 1.29 is 37.9 Å². The van der Waals surface area contributed by atoms with E-state index in [4.69, 9.17) is 5.11 Å². The Bertz CT molecular complexity index is 727. The summed E-state index contributed by atoms with van der Waals surface area (Å²) in [6, 6.07) is 3.60. The molecule has 1 aromatic carbocycles. The number of nitrogens with zero attached hydrogens (tertiary/aromatic N) is 2. The van der Waals surface area contributed by atoms with Crippen LogP contribution in [0.3, 0.4) is 0 Å². The number of carboxylic acids is 1. The molecule has 1 aliphatic heterocycles. The minimum atomic E-state index is -4.59. The molecule has 27 heavy (non-hydrogen) atoms. The van der Waals surface area contributed by atoms with E-state index in [1.807, 2.05) is 0 Å². The smallest absolute Gasteiger partial charge is 0.416 e. The third-order valence-corrected chi connectivity index (χ3v) is 4.99. The lowest BCUT2D eigenvalue weighted by Gasteiger charge is -2.41. The quantitative estimate of drug-likeness (QED) is 0.589. The first-order valence-corrected chi connectivity index (χ1v) is 7.97. The van der Waals surface area contributed by atoms with Crippen molar-refractivity contribution >= 4 is 12.1 Å². The van der Waals surface area contributed by atoms with Crippen LogP contribution in [0.5, 0.6) is 0 Å². The zero-order valence-electron chi connectivity index (χ0n) is 14.0. The molecule has 1 aliphatic rings. The number of piperidine rings is 1. The Morgan fingerprint density at radius 2 is 1.70 bits per heavy atom. The highest BCUT2D eigenvalue weighted by molar-refractivity contribution is 5.77. The van der Waals surface area contributed by atoms with Crippen molar-refractivity contribution in [2.24, 2.45) is 5.41 Å². The first-order chi connectivity index (χ1) is 12.5. The minimum Gasteiger partial charge on any atom is -0.481 e. The highest BCUT2D eigenvalue weighted by Gasteiger charge is 2.51. The first kappa shape index (κ1) is 20.5. The zero-order valence-corrected chi connectivity index (χ0v) is 14.0. The van der Waals surface area contributed by atoms with Crippen molar-refractivity contribution in [3.8, 4) is 0 Å². The van der Waals surface area contributed by atoms with Gasteiger partial charge in [0.05, 0.1) is 16.9 Å². The zero-order chi connectivity index (χ0) is 20.4. The van der Waals surface area contributed by atoms with Crippen molar-refractivity contribution in [2.45, 2.75) is 24.9 Å². The van der Waals surface area contributed by atoms with Crippen molar-refractivity contribution in [1.29, 1.82) is 0 Å². The Labute approximate surface area is 151 Å². The van der Waals surface area contributed by atoms with Crippen LogP contribution in [-0.2, 0) is 11.0 Å². The summed E-state index contributed by atoms with van der Waals surface area (Å²) in [5.74, 6) is -2.53. The van der Waals surface area contributed by atoms with Gasteiger partial charge in [-0.25, -0.2) is 4.79 Å². The van der Waals surface area contributed by atoms with Gasteiger partial charge in [0.1, 0.15) is 0 Å². The Morgan fingerprint density at radius 3 is 2.07 bits per heavy atom. The number of carbonyl (C=O) groups is 2. The molecular formula is C16H17F3N2O6. The van der Waals surface area contributed by atoms with Crippen LogP contribution in [0.15, 0.2) is 24.3 Å². The maximum Gasteiger partial charge on any atom is 0.416 e. The van der Waals surface area contributed by atoms with E-state index in [-0.39, 0.29) is 31.5 Å². The highest BCUT2D eigenvalue weighted by atomic mass is 19.4. The number of carboxylic acid groups (broad SMARTS) is 2. The normalized spacial score (nSPS) is 18.0. The Balaban J connectivity index is 2.42. The summed E-state index contributed by atoms with van der Waals surface area (Å²) in [4.78, 5) is 34.5. The predicted octanol–water partition coefficient (Wildman–Crippen LogP) is 2.91. The van der Waals surface area contributed by atoms with Gasteiger partial charge in [-0.3, -0.25) is 14.9 Å². The van der Waals surface area contributed by atoms with Gasteiger partial charge in [-0.2, -0.15) is 13.2 Å². The fraction of sp³-hybridized carbons (Fsp3) is 0.500. The second kappa shape index (κ2) is 7.41. The monoisotopic (exact) mass is 390 g/mol. The lowest BCUT2D eigenvalue weighted by atomic mass is 9.66. The van der Waals surface area contributed by atoms with Crippen LogP contribution in [-0.4, -0.2) is 51.7 Å². The lowest BCUT2D eigenvalue weighted by molar-refractivity contribution is -0.486. The number of hydrogen-bond acceptors (Lipinski definition) is 4. The molecule has 0 aromatic heterocycles. The molecule has 148 valence electrons. The second-order valence-corrected chi connectivity index (χ2v) is 6.42. The molecule has 11 heteroatoms. The van der Waals surface area contributed by atoms with Crippen LogP contribution in [0.4, 0.5) is 18.0 Å². The number of benzene rings is 1. The molecule has 0 saturated carbocycles. The van der Waals surface area contributed by atoms with E-state index in [0.29, 0.717) is 0 Å². The van der Waals surface area contributed by atoms with Crippen LogP contribution in [0, 0.1) is 15.5 Å². The van der Waals surface area contributed by atoms with Crippen LogP contribution in [0.2, 0.25) is 0 Å². The molecule has 1 atom stereocenters. The van der Waals surface area contributed by atoms with Crippen LogP contribution < -0.4 is 0 Å². The molecule has 0 spiro atoms. The van der Waals surface area contributed by atoms with Gasteiger partial charge in [-0.15, -0.1) is 0 Å². The van der Waals surface area contributed by atoms with Crippen LogP contribution in [0.1, 0.15) is 29.9 Å². The van der Waals surface area contributed by atoms with Gasteiger partial charge in [0.2, 0.25) is 6.54 Å². The maximum atomic E-state index is 12.7. The number of likely N-dealkylation sites (tertiary alicyclic amines) is 1. The molecule has 1 saturated heterocycles. The van der Waals surface area contributed by atoms with Gasteiger partial charge in [0, 0.05) is 18.0 Å². The molecule has 1 amide bonds. The number of halogens is 3. The van der Waals surface area contributed by atoms with E-state index in [0.717, 1.165) is 29.2 Å². The van der Waals surface area contributed by atoms with Crippen molar-refractivity contribution in [3.05, 3.63) is 45.5 Å². The molecule has 0 aliphatic carbocycles. The SMILES string of the molecule is O=C(O)N1CCC(C(=O)O)(C(C[N+](=O)[O-])c2ccc(C(F)(F)F)cc2)CC1. The van der Waals surface area contributed by atoms with Gasteiger partial charge >= 0.3 is 18.2 Å². The Morgan fingerprint density at radius 1 is 1.19 bits per heavy atom. The van der Waals surface area contributed by atoms with Crippen molar-refractivity contribution in [2.75, 3.05) is 19.6 Å². The molecule has 0 bridgehead atoms. The van der Waals surface area contributed by atoms with Gasteiger partial charge in [0.15, 0.2) is 0 Å². The first-order valence-electron chi connectivity index (χ1n) is 7.97. The molecule has 1 unspecified atom stereocenters. The number of rotatable bonds is 5. The van der Waals surface area contributed by atoms with Gasteiger partial charge in [-0.05, 0) is 30.5 Å². The summed E-state index contributed by atoms with van der Waals surface area (Å²) < 4.78 is 38.2. The molecular weight excluding hydrogens is 373 g/mol. The van der Waals surface area contributed by atoms with Crippen LogP contribution >= 0.6 is 0 Å². The number of alkyl halides is 3. The van der Waals surface area contributed by atoms with E-state index < -0.39 is 46.6 Å². The fourth-order valence-electron chi connectivity index (χ4n) is 3.46. The molecule has 1 fully saturated rings. The average molecular weight is 390 g/mol. The summed E-state index contributed by atoms with van der Waals surface area (Å²) in [5, 5.41) is 29.9. The van der Waals surface area contributed by atoms with E-state index >= 15 is 0 Å². The molecule has 1 heterocycles. The molecule has 2 rings (SSSR count). The van der Waals surface area contributed by atoms with E-state index in [1.54, 1.807) is 0 Å². The Kier molecular flexibility index (Phi) is 5.62. The Hall–Kier alpha value is -2.85. The summed E-state index contributed by atoms with van der Waals surface area (Å²) in [6.45, 7) is -1.04. The average Bonchev–Trinajstić information content (AvgIpc) is 2.58. The van der Waals surface area contributed by atoms with E-state index in [1.165, 1.54) is 0 Å². The number of nitro groups is 1. The number of aliphatic carboxylic acids is 1. The fourth-order valence-corrected chi connectivity index (χ4v) is 3.46. The summed E-state index contributed by atoms with van der Waals surface area (Å²) in [7, 11) is 0. The lowest BCUT2D eigenvalue weighted by Crippen LogP contribution is -2.50. The predicted molar refractivity (Wildman–Crippen MR) is 84.9 cm³/mol. The third-order valence-electron chi connectivity index (χ3n) is 4.99. The maximum absolute atomic E-state index is 12.7. The summed E-state index contributed by atoms with van der Waals surface area (Å²) in [5.41, 5.74) is -2.49. The topological polar surface area (TPSA) is 121 Å². The van der Waals surface area contributed by atoms with Crippen molar-refractivity contribution in [3.63, 3.8) is 0 Å². The van der Waals surface area contributed by atoms with E-state index in [2.05, 4.69) is 0 Å². The van der Waals surface area contributed by atoms with E-state index in [9.17, 15) is 38.0 Å². The second-order valence-electron chi connectivity index (χ2n) is 6.42.